The molecule has 8 aromatic rings. The quantitative estimate of drug-likeness (QED) is 0.0901. The third-order valence-electron chi connectivity index (χ3n) is 12.0. The lowest BCUT2D eigenvalue weighted by atomic mass is 9.99. The van der Waals surface area contributed by atoms with Gasteiger partial charge >= 0.3 is 5.97 Å². The predicted molar refractivity (Wildman–Crippen MR) is 288 cm³/mol. The number of hydrogen-bond acceptors (Lipinski definition) is 13. The van der Waals surface area contributed by atoms with Crippen molar-refractivity contribution in [3.8, 4) is 0 Å². The number of nitrogens with one attached hydrogen (secondary N) is 1. The second-order valence-corrected chi connectivity index (χ2v) is 17.9. The van der Waals surface area contributed by atoms with Crippen LogP contribution >= 0.6 is 23.2 Å². The molecule has 1 amide bonds. The van der Waals surface area contributed by atoms with Gasteiger partial charge in [-0.3, -0.25) is 33.7 Å². The summed E-state index contributed by atoms with van der Waals surface area (Å²) in [6, 6.07) is 18.8. The lowest BCUT2D eigenvalue weighted by Gasteiger charge is -2.11. The molecule has 0 unspecified atom stereocenters. The van der Waals surface area contributed by atoms with Crippen LogP contribution in [0.4, 0.5) is 11.6 Å². The molecule has 0 saturated carbocycles. The van der Waals surface area contributed by atoms with Gasteiger partial charge in [-0.25, -0.2) is 14.8 Å². The van der Waals surface area contributed by atoms with Crippen molar-refractivity contribution >= 4 is 92.2 Å². The van der Waals surface area contributed by atoms with Gasteiger partial charge in [-0.15, -0.1) is 0 Å². The number of nitrogens with zero attached hydrogens (tertiary/aromatic N) is 8. The minimum atomic E-state index is -1.20. The average Bonchev–Trinajstić information content (AvgIpc) is 3.88. The Bertz CT molecular complexity index is 3480. The van der Waals surface area contributed by atoms with Gasteiger partial charge in [0.15, 0.2) is 23.0 Å². The number of ketones is 2. The van der Waals surface area contributed by atoms with Gasteiger partial charge in [-0.1, -0.05) is 62.3 Å². The first kappa shape index (κ1) is 54.2. The third-order valence-corrected chi connectivity index (χ3v) is 12.4. The van der Waals surface area contributed by atoms with E-state index >= 15 is 0 Å². The summed E-state index contributed by atoms with van der Waals surface area (Å²) in [7, 11) is 0. The summed E-state index contributed by atoms with van der Waals surface area (Å²) in [5, 5.41) is 23.8. The molecule has 17 nitrogen and oxygen atoms in total. The van der Waals surface area contributed by atoms with E-state index in [4.69, 9.17) is 40.4 Å². The summed E-state index contributed by atoms with van der Waals surface area (Å²) >= 11 is 12.1. The Balaban J connectivity index is 0.000000199. The van der Waals surface area contributed by atoms with E-state index in [1.54, 1.807) is 46.1 Å². The van der Waals surface area contributed by atoms with Crippen molar-refractivity contribution < 1.29 is 24.3 Å². The molecule has 0 bridgehead atoms. The third kappa shape index (κ3) is 12.0. The zero-order chi connectivity index (χ0) is 50.7. The van der Waals surface area contributed by atoms with Crippen LogP contribution in [0.3, 0.4) is 0 Å². The van der Waals surface area contributed by atoms with Gasteiger partial charge in [0.2, 0.25) is 0 Å². The molecule has 2 aliphatic rings. The van der Waals surface area contributed by atoms with E-state index < -0.39 is 11.9 Å². The van der Waals surface area contributed by atoms with Gasteiger partial charge in [0.1, 0.15) is 11.6 Å². The fourth-order valence-electron chi connectivity index (χ4n) is 8.60. The normalized spacial score (nSPS) is 12.2. The molecule has 0 fully saturated rings. The summed E-state index contributed by atoms with van der Waals surface area (Å²) in [6.45, 7) is 9.20. The number of carbonyl (C=O) groups excluding carboxylic acids is 3. The molecule has 0 saturated heterocycles. The molecule has 0 radical (unpaired) electrons. The number of nitrogen functional groups attached to an aromatic ring is 2. The number of anilines is 2. The van der Waals surface area contributed by atoms with Crippen LogP contribution in [0.25, 0.3) is 34.0 Å². The van der Waals surface area contributed by atoms with Crippen LogP contribution in [0.5, 0.6) is 0 Å². The molecule has 19 heteroatoms. The molecule has 10 rings (SSSR count). The first-order valence-corrected chi connectivity index (χ1v) is 23.1. The maximum Gasteiger partial charge on any atom is 0.357 e. The summed E-state index contributed by atoms with van der Waals surface area (Å²) in [4.78, 5) is 66.4. The molecule has 73 heavy (non-hydrogen) atoms. The van der Waals surface area contributed by atoms with Crippen molar-refractivity contribution in [3.05, 3.63) is 174 Å². The number of pyridine rings is 4. The van der Waals surface area contributed by atoms with Crippen molar-refractivity contribution in [2.45, 2.75) is 81.6 Å². The second-order valence-electron chi connectivity index (χ2n) is 17.0. The number of hydrogen-bond donors (Lipinski definition) is 5. The molecule has 6 aromatic heterocycles. The monoisotopic (exact) mass is 1020 g/mol. The van der Waals surface area contributed by atoms with Crippen LogP contribution in [0, 0.1) is 27.7 Å². The molecule has 2 aromatic carbocycles. The first-order valence-electron chi connectivity index (χ1n) is 22.3. The highest BCUT2D eigenvalue weighted by molar-refractivity contribution is 6.31. The molecule has 376 valence electrons. The lowest BCUT2D eigenvalue weighted by molar-refractivity contribution is 0.0684. The Kier molecular flexibility index (Phi) is 17.1. The number of benzene rings is 2. The number of aromatic nitrogens is 8. The Morgan fingerprint density at radius 2 is 1.12 bits per heavy atom. The maximum atomic E-state index is 13.2. The van der Waals surface area contributed by atoms with Crippen LogP contribution in [0.15, 0.2) is 85.2 Å². The fraction of sp³-hybridized carbons (Fsp3) is 0.222. The molecule has 0 spiro atoms. The number of nitrogens with two attached hydrogens (primary N) is 3. The average molecular weight is 1020 g/mol. The smallest absolute Gasteiger partial charge is 0.357 e. The van der Waals surface area contributed by atoms with Gasteiger partial charge in [0.05, 0.1) is 56.7 Å². The number of carbonyl (C=O) groups is 4. The Morgan fingerprint density at radius 1 is 0.671 bits per heavy atom. The highest BCUT2D eigenvalue weighted by atomic mass is 35.5. The van der Waals surface area contributed by atoms with Gasteiger partial charge in [0.25, 0.3) is 5.91 Å². The highest BCUT2D eigenvalue weighted by Crippen LogP contribution is 2.28. The largest absolute Gasteiger partial charge is 0.476 e. The first-order chi connectivity index (χ1) is 34.0. The number of aryl methyl sites for hydroxylation is 4. The number of Topliss-reactive ketones (excluding diaryl/α,β-unsaturated/α-hetero) is 2. The molecule has 6 heterocycles. The number of aromatic carboxylic acids is 1. The highest BCUT2D eigenvalue weighted by Gasteiger charge is 2.30. The van der Waals surface area contributed by atoms with E-state index in [0.717, 1.165) is 66.6 Å². The number of rotatable bonds is 9. The molecule has 0 atom stereocenters. The Morgan fingerprint density at radius 3 is 1.58 bits per heavy atom. The molecule has 8 N–H and O–H groups in total. The van der Waals surface area contributed by atoms with E-state index in [2.05, 4.69) is 35.5 Å². The Hall–Kier alpha value is -8.12. The summed E-state index contributed by atoms with van der Waals surface area (Å²) in [5.74, 6) is -0.961. The summed E-state index contributed by atoms with van der Waals surface area (Å²) in [5.41, 5.74) is 27.7. The van der Waals surface area contributed by atoms with Gasteiger partial charge in [-0.05, 0) is 122 Å². The van der Waals surface area contributed by atoms with Gasteiger partial charge in [-0.2, -0.15) is 10.2 Å². The number of carboxylic acids is 1. The molecule has 0 aliphatic heterocycles. The van der Waals surface area contributed by atoms with E-state index in [1.165, 1.54) is 0 Å². The van der Waals surface area contributed by atoms with E-state index in [0.29, 0.717) is 58.3 Å². The zero-order valence-corrected chi connectivity index (χ0v) is 40.6. The van der Waals surface area contributed by atoms with E-state index in [9.17, 15) is 24.3 Å². The van der Waals surface area contributed by atoms with Gasteiger partial charge in [0, 0.05) is 60.5 Å². The summed E-state index contributed by atoms with van der Waals surface area (Å²) in [6.07, 6.45) is 10.7. The van der Waals surface area contributed by atoms with Crippen LogP contribution in [-0.4, -0.2) is 68.0 Å². The minimum absolute atomic E-state index is 0. The molecular weight excluding hydrogens is 968 g/mol. The van der Waals surface area contributed by atoms with E-state index in [-0.39, 0.29) is 62.8 Å². The standard InChI is InChI=1S/C26H23ClN6O2.C18H12ClN3O3.C8H13N3.2CH4/c1-14-8-23(28)31-15(2)19(14)12-30-26(35)25-24-21(4-3-5-22(24)34)33(32-25)13-16-6-7-20-17(9-16)10-18(27)11-29-20;19-12-7-11-6-10(4-5-13(11)20-8-12)9-22-14-2-1-3-15(23)16(14)17(21-22)18(24)25;1-5-3-8(10)11-6(2)7(5)4-9;;/h3-4,6-11H,5,12-13H2,1-2H3,(H2,28,31)(H,30,35);1-2,4-8H,3,9H2,(H,24,25);3H,4,9H2,1-2H3,(H2,10,11);2*1H4. The van der Waals surface area contributed by atoms with Crippen LogP contribution in [-0.2, 0) is 26.2 Å². The Labute approximate surface area is 432 Å². The van der Waals surface area contributed by atoms with E-state index in [1.807, 2.05) is 88.4 Å². The molecule has 2 aliphatic carbocycles. The minimum Gasteiger partial charge on any atom is -0.476 e. The zero-order valence-electron chi connectivity index (χ0n) is 39.1. The van der Waals surface area contributed by atoms with Crippen LogP contribution in [0.2, 0.25) is 10.0 Å². The fourth-order valence-corrected chi connectivity index (χ4v) is 8.93. The van der Waals surface area contributed by atoms with Crippen molar-refractivity contribution in [2.75, 3.05) is 11.5 Å². The molecular formula is C54H56Cl2N12O5. The predicted octanol–water partition coefficient (Wildman–Crippen LogP) is 9.70. The SMILES string of the molecule is C.C.Cc1cc(N)nc(C)c1CN.Cc1cc(N)nc(C)c1CNC(=O)c1nn(Cc2ccc3ncc(Cl)cc3c2)c2c1C(=O)CC=C2.O=C(O)c1nn(Cc2ccc3ncc(Cl)cc3c2)c2c1C(=O)CC=C2. The van der Waals surface area contributed by atoms with Crippen molar-refractivity contribution in [2.24, 2.45) is 5.73 Å². The van der Waals surface area contributed by atoms with Crippen molar-refractivity contribution in [1.29, 1.82) is 0 Å². The lowest BCUT2D eigenvalue weighted by Crippen LogP contribution is -2.26. The van der Waals surface area contributed by atoms with Gasteiger partial charge < -0.3 is 27.6 Å². The number of amides is 1. The number of halogens is 2. The van der Waals surface area contributed by atoms with Crippen LogP contribution in [0.1, 0.15) is 126 Å². The number of allylic oxidation sites excluding steroid dienone is 2. The number of carboxylic acid groups (broad SMARTS) is 1. The van der Waals surface area contributed by atoms with Crippen molar-refractivity contribution in [3.63, 3.8) is 0 Å². The topological polar surface area (TPSA) is 266 Å². The maximum absolute atomic E-state index is 13.2. The summed E-state index contributed by atoms with van der Waals surface area (Å²) < 4.78 is 3.24. The van der Waals surface area contributed by atoms with Crippen LogP contribution < -0.4 is 22.5 Å². The number of fused-ring (bicyclic) bond motifs is 4. The van der Waals surface area contributed by atoms with Crippen molar-refractivity contribution in [1.82, 2.24) is 44.8 Å². The second kappa shape index (κ2) is 23.0.